The van der Waals surface area contributed by atoms with Gasteiger partial charge in [-0.25, -0.2) is 4.79 Å². The van der Waals surface area contributed by atoms with E-state index in [9.17, 15) is 4.79 Å². The molecular weight excluding hydrogens is 226 g/mol. The largest absolute Gasteiger partial charge is 0.459 e. The first-order valence-electron chi connectivity index (χ1n) is 6.64. The van der Waals surface area contributed by atoms with Gasteiger partial charge >= 0.3 is 5.97 Å². The summed E-state index contributed by atoms with van der Waals surface area (Å²) in [5, 5.41) is 0. The van der Waals surface area contributed by atoms with E-state index in [1.54, 1.807) is 18.2 Å². The third kappa shape index (κ3) is 2.84. The van der Waals surface area contributed by atoms with Crippen molar-refractivity contribution in [2.24, 2.45) is 5.92 Å². The maximum absolute atomic E-state index is 12.1. The number of nitrogen functional groups attached to an aromatic ring is 1. The highest BCUT2D eigenvalue weighted by Gasteiger charge is 2.23. The molecule has 1 fully saturated rings. The summed E-state index contributed by atoms with van der Waals surface area (Å²) < 4.78 is 5.59. The molecule has 0 heterocycles. The lowest BCUT2D eigenvalue weighted by atomic mass is 9.88. The Kier molecular flexibility index (Phi) is 3.90. The van der Waals surface area contributed by atoms with Crippen LogP contribution in [0.25, 0.3) is 0 Å². The molecule has 0 saturated heterocycles. The summed E-state index contributed by atoms with van der Waals surface area (Å²) in [6.45, 7) is 4.07. The molecule has 1 saturated carbocycles. The Bertz CT molecular complexity index is 442. The first-order valence-corrected chi connectivity index (χ1v) is 6.64. The van der Waals surface area contributed by atoms with Gasteiger partial charge in [-0.15, -0.1) is 0 Å². The lowest BCUT2D eigenvalue weighted by Gasteiger charge is -2.26. The van der Waals surface area contributed by atoms with Crippen LogP contribution in [-0.4, -0.2) is 12.1 Å². The van der Waals surface area contributed by atoms with Gasteiger partial charge in [-0.2, -0.15) is 0 Å². The van der Waals surface area contributed by atoms with Gasteiger partial charge in [0, 0.05) is 5.69 Å². The van der Waals surface area contributed by atoms with Crippen molar-refractivity contribution in [3.63, 3.8) is 0 Å². The van der Waals surface area contributed by atoms with Gasteiger partial charge in [0.05, 0.1) is 5.56 Å². The zero-order chi connectivity index (χ0) is 13.1. The van der Waals surface area contributed by atoms with E-state index >= 15 is 0 Å². The average Bonchev–Trinajstić information content (AvgIpc) is 2.32. The van der Waals surface area contributed by atoms with E-state index in [1.807, 2.05) is 6.92 Å². The molecule has 1 aromatic rings. The third-order valence-electron chi connectivity index (χ3n) is 3.76. The average molecular weight is 247 g/mol. The molecule has 3 heteroatoms. The number of hydrogen-bond acceptors (Lipinski definition) is 3. The van der Waals surface area contributed by atoms with Crippen molar-refractivity contribution in [2.75, 3.05) is 5.73 Å². The first-order chi connectivity index (χ1) is 8.58. The number of esters is 1. The van der Waals surface area contributed by atoms with Crippen molar-refractivity contribution in [1.29, 1.82) is 0 Å². The smallest absolute Gasteiger partial charge is 0.338 e. The molecule has 1 aliphatic rings. The summed E-state index contributed by atoms with van der Waals surface area (Å²) >= 11 is 0. The predicted molar refractivity (Wildman–Crippen MR) is 72.4 cm³/mol. The Balaban J connectivity index is 2.05. The molecule has 2 unspecified atom stereocenters. The van der Waals surface area contributed by atoms with Crippen LogP contribution in [0.15, 0.2) is 18.2 Å². The second-order valence-electron chi connectivity index (χ2n) is 5.32. The zero-order valence-corrected chi connectivity index (χ0v) is 11.1. The number of anilines is 1. The summed E-state index contributed by atoms with van der Waals surface area (Å²) in [5.41, 5.74) is 7.85. The van der Waals surface area contributed by atoms with Gasteiger partial charge < -0.3 is 10.5 Å². The third-order valence-corrected chi connectivity index (χ3v) is 3.76. The van der Waals surface area contributed by atoms with E-state index in [-0.39, 0.29) is 12.1 Å². The minimum atomic E-state index is -0.237. The van der Waals surface area contributed by atoms with E-state index < -0.39 is 0 Å². The summed E-state index contributed by atoms with van der Waals surface area (Å²) in [5.74, 6) is 0.414. The summed E-state index contributed by atoms with van der Waals surface area (Å²) in [6.07, 6.45) is 4.42. The lowest BCUT2D eigenvalue weighted by molar-refractivity contribution is 0.0154. The second kappa shape index (κ2) is 5.42. The van der Waals surface area contributed by atoms with Crippen LogP contribution in [0.3, 0.4) is 0 Å². The van der Waals surface area contributed by atoms with Crippen LogP contribution >= 0.6 is 0 Å². The SMILES string of the molecule is Cc1c(N)cccc1C(=O)OC1CCCC(C)C1. The number of nitrogens with two attached hydrogens (primary N) is 1. The number of benzene rings is 1. The monoisotopic (exact) mass is 247 g/mol. The highest BCUT2D eigenvalue weighted by molar-refractivity contribution is 5.92. The zero-order valence-electron chi connectivity index (χ0n) is 11.1. The van der Waals surface area contributed by atoms with Gasteiger partial charge in [0.1, 0.15) is 6.10 Å². The topological polar surface area (TPSA) is 52.3 Å². The maximum atomic E-state index is 12.1. The highest BCUT2D eigenvalue weighted by atomic mass is 16.5. The molecule has 0 radical (unpaired) electrons. The molecule has 3 nitrogen and oxygen atoms in total. The summed E-state index contributed by atoms with van der Waals surface area (Å²) in [6, 6.07) is 5.37. The van der Waals surface area contributed by atoms with Crippen molar-refractivity contribution in [2.45, 2.75) is 45.6 Å². The predicted octanol–water partition coefficient (Wildman–Crippen LogP) is 3.31. The number of rotatable bonds is 2. The van der Waals surface area contributed by atoms with E-state index in [0.717, 1.165) is 24.8 Å². The normalized spacial score (nSPS) is 23.7. The Morgan fingerprint density at radius 2 is 2.17 bits per heavy atom. The van der Waals surface area contributed by atoms with Gasteiger partial charge in [-0.3, -0.25) is 0 Å². The van der Waals surface area contributed by atoms with Gasteiger partial charge in [0.2, 0.25) is 0 Å². The van der Waals surface area contributed by atoms with Crippen molar-refractivity contribution in [3.05, 3.63) is 29.3 Å². The number of ether oxygens (including phenoxy) is 1. The fraction of sp³-hybridized carbons (Fsp3) is 0.533. The van der Waals surface area contributed by atoms with Gasteiger partial charge in [-0.1, -0.05) is 19.4 Å². The van der Waals surface area contributed by atoms with Crippen LogP contribution < -0.4 is 5.73 Å². The Morgan fingerprint density at radius 1 is 1.39 bits per heavy atom. The van der Waals surface area contributed by atoms with Crippen LogP contribution in [0.5, 0.6) is 0 Å². The van der Waals surface area contributed by atoms with E-state index in [0.29, 0.717) is 17.2 Å². The molecule has 0 spiro atoms. The number of hydrogen-bond donors (Lipinski definition) is 1. The second-order valence-corrected chi connectivity index (χ2v) is 5.32. The van der Waals surface area contributed by atoms with Crippen LogP contribution in [0.1, 0.15) is 48.5 Å². The van der Waals surface area contributed by atoms with Gasteiger partial charge in [0.25, 0.3) is 0 Å². The molecule has 2 atom stereocenters. The van der Waals surface area contributed by atoms with Gasteiger partial charge in [0.15, 0.2) is 0 Å². The maximum Gasteiger partial charge on any atom is 0.338 e. The van der Waals surface area contributed by atoms with E-state index in [4.69, 9.17) is 10.5 Å². The van der Waals surface area contributed by atoms with E-state index in [2.05, 4.69) is 6.92 Å². The van der Waals surface area contributed by atoms with Crippen molar-refractivity contribution < 1.29 is 9.53 Å². The molecule has 1 aromatic carbocycles. The fourth-order valence-electron chi connectivity index (χ4n) is 2.58. The molecule has 2 rings (SSSR count). The molecule has 1 aliphatic carbocycles. The minimum Gasteiger partial charge on any atom is -0.459 e. The van der Waals surface area contributed by atoms with Crippen LogP contribution in [0.4, 0.5) is 5.69 Å². The Morgan fingerprint density at radius 3 is 2.89 bits per heavy atom. The standard InChI is InChI=1S/C15H21NO2/c1-10-5-3-6-12(9-10)18-15(17)13-7-4-8-14(16)11(13)2/h4,7-8,10,12H,3,5-6,9,16H2,1-2H3. The quantitative estimate of drug-likeness (QED) is 0.644. The first kappa shape index (κ1) is 12.9. The molecular formula is C15H21NO2. The summed E-state index contributed by atoms with van der Waals surface area (Å²) in [7, 11) is 0. The molecule has 98 valence electrons. The molecule has 0 aromatic heterocycles. The van der Waals surface area contributed by atoms with Gasteiger partial charge in [-0.05, 0) is 49.8 Å². The molecule has 0 amide bonds. The summed E-state index contributed by atoms with van der Waals surface area (Å²) in [4.78, 5) is 12.1. The number of carbonyl (C=O) groups excluding carboxylic acids is 1. The van der Waals surface area contributed by atoms with Crippen molar-refractivity contribution in [3.8, 4) is 0 Å². The molecule has 0 aliphatic heterocycles. The van der Waals surface area contributed by atoms with Crippen molar-refractivity contribution in [1.82, 2.24) is 0 Å². The van der Waals surface area contributed by atoms with Crippen molar-refractivity contribution >= 4 is 11.7 Å². The van der Waals surface area contributed by atoms with Crippen LogP contribution in [0, 0.1) is 12.8 Å². The van der Waals surface area contributed by atoms with E-state index in [1.165, 1.54) is 6.42 Å². The highest BCUT2D eigenvalue weighted by Crippen LogP contribution is 2.27. The number of carbonyl (C=O) groups is 1. The minimum absolute atomic E-state index is 0.0714. The molecule has 2 N–H and O–H groups in total. The Hall–Kier alpha value is -1.51. The Labute approximate surface area is 108 Å². The lowest BCUT2D eigenvalue weighted by Crippen LogP contribution is -2.25. The van der Waals surface area contributed by atoms with Crippen LogP contribution in [-0.2, 0) is 4.74 Å². The van der Waals surface area contributed by atoms with Crippen LogP contribution in [0.2, 0.25) is 0 Å². The molecule has 0 bridgehead atoms. The molecule has 18 heavy (non-hydrogen) atoms. The fourth-order valence-corrected chi connectivity index (χ4v) is 2.58.